The van der Waals surface area contributed by atoms with Crippen molar-refractivity contribution in [3.05, 3.63) is 35.9 Å². The molecule has 0 radical (unpaired) electrons. The van der Waals surface area contributed by atoms with Crippen molar-refractivity contribution in [3.63, 3.8) is 0 Å². The van der Waals surface area contributed by atoms with Crippen LogP contribution in [0.25, 0.3) is 0 Å². The van der Waals surface area contributed by atoms with Gasteiger partial charge in [-0.25, -0.2) is 0 Å². The number of ether oxygens (including phenoxy) is 1. The summed E-state index contributed by atoms with van der Waals surface area (Å²) in [6.45, 7) is 6.60. The third kappa shape index (κ3) is 5.09. The Hall–Kier alpha value is -1.82. The molecule has 0 aliphatic heterocycles. The first kappa shape index (κ1) is 18.5. The molecule has 0 saturated heterocycles. The van der Waals surface area contributed by atoms with Crippen molar-refractivity contribution in [3.8, 4) is 6.07 Å². The van der Waals surface area contributed by atoms with Crippen LogP contribution in [0.15, 0.2) is 30.3 Å². The van der Waals surface area contributed by atoms with E-state index < -0.39 is 5.92 Å². The Kier molecular flexibility index (Phi) is 6.85. The number of carbonyl (C=O) groups is 1. The second kappa shape index (κ2) is 8.87. The van der Waals surface area contributed by atoms with Gasteiger partial charge in [0.2, 0.25) is 0 Å². The van der Waals surface area contributed by atoms with Crippen LogP contribution in [0.1, 0.15) is 52.0 Å². The van der Waals surface area contributed by atoms with Crippen molar-refractivity contribution in [1.29, 1.82) is 5.26 Å². The average molecular weight is 327 g/mol. The van der Waals surface area contributed by atoms with Crippen LogP contribution >= 0.6 is 0 Å². The zero-order valence-electron chi connectivity index (χ0n) is 15.1. The first-order chi connectivity index (χ1) is 11.5. The van der Waals surface area contributed by atoms with Crippen LogP contribution < -0.4 is 0 Å². The molecule has 0 bridgehead atoms. The van der Waals surface area contributed by atoms with E-state index in [2.05, 4.69) is 26.8 Å². The SMILES string of the molecule is CC(C)[C@@H]1CC[C@@H](C)C[C@H]1OC(=O)C(C#N)CCc1ccccc1. The Balaban J connectivity index is 1.93. The van der Waals surface area contributed by atoms with Crippen LogP contribution in [0.3, 0.4) is 0 Å². The van der Waals surface area contributed by atoms with Gasteiger partial charge in [-0.15, -0.1) is 0 Å². The lowest BCUT2D eigenvalue weighted by Crippen LogP contribution is -2.37. The van der Waals surface area contributed by atoms with Crippen molar-refractivity contribution in [2.75, 3.05) is 0 Å². The average Bonchev–Trinajstić information content (AvgIpc) is 2.56. The van der Waals surface area contributed by atoms with E-state index >= 15 is 0 Å². The maximum absolute atomic E-state index is 12.5. The van der Waals surface area contributed by atoms with E-state index in [0.717, 1.165) is 24.8 Å². The smallest absolute Gasteiger partial charge is 0.323 e. The van der Waals surface area contributed by atoms with Gasteiger partial charge in [0.05, 0.1) is 6.07 Å². The number of esters is 1. The third-order valence-corrected chi connectivity index (χ3v) is 5.23. The molecule has 0 amide bonds. The molecule has 130 valence electrons. The highest BCUT2D eigenvalue weighted by Gasteiger charge is 2.34. The number of benzene rings is 1. The molecular formula is C21H29NO2. The van der Waals surface area contributed by atoms with Crippen LogP contribution in [0.2, 0.25) is 0 Å². The van der Waals surface area contributed by atoms with Crippen molar-refractivity contribution < 1.29 is 9.53 Å². The van der Waals surface area contributed by atoms with Gasteiger partial charge in [0.25, 0.3) is 0 Å². The zero-order valence-corrected chi connectivity index (χ0v) is 15.1. The van der Waals surface area contributed by atoms with Crippen LogP contribution in [0.5, 0.6) is 0 Å². The van der Waals surface area contributed by atoms with Gasteiger partial charge in [-0.05, 0) is 49.0 Å². The van der Waals surface area contributed by atoms with Gasteiger partial charge in [-0.3, -0.25) is 4.79 Å². The molecule has 0 spiro atoms. The monoisotopic (exact) mass is 327 g/mol. The van der Waals surface area contributed by atoms with Crippen LogP contribution in [-0.4, -0.2) is 12.1 Å². The van der Waals surface area contributed by atoms with Gasteiger partial charge in [-0.1, -0.05) is 57.5 Å². The molecule has 1 aliphatic carbocycles. The topological polar surface area (TPSA) is 50.1 Å². The Morgan fingerprint density at radius 2 is 2.00 bits per heavy atom. The van der Waals surface area contributed by atoms with E-state index in [0.29, 0.717) is 24.2 Å². The second-order valence-corrected chi connectivity index (χ2v) is 7.51. The summed E-state index contributed by atoms with van der Waals surface area (Å²) in [6.07, 6.45) is 4.45. The number of aryl methyl sites for hydroxylation is 1. The van der Waals surface area contributed by atoms with Crippen molar-refractivity contribution in [2.45, 2.75) is 59.0 Å². The van der Waals surface area contributed by atoms with Gasteiger partial charge in [0.1, 0.15) is 12.0 Å². The summed E-state index contributed by atoms with van der Waals surface area (Å²) >= 11 is 0. The maximum Gasteiger partial charge on any atom is 0.323 e. The number of rotatable bonds is 6. The fourth-order valence-corrected chi connectivity index (χ4v) is 3.67. The minimum atomic E-state index is -0.671. The fourth-order valence-electron chi connectivity index (χ4n) is 3.67. The lowest BCUT2D eigenvalue weighted by molar-refractivity contribution is -0.159. The van der Waals surface area contributed by atoms with Crippen molar-refractivity contribution >= 4 is 5.97 Å². The molecule has 1 aromatic rings. The van der Waals surface area contributed by atoms with E-state index in [4.69, 9.17) is 4.74 Å². The molecule has 3 heteroatoms. The highest BCUT2D eigenvalue weighted by atomic mass is 16.5. The Morgan fingerprint density at radius 1 is 1.29 bits per heavy atom. The molecule has 2 rings (SSSR count). The third-order valence-electron chi connectivity index (χ3n) is 5.23. The van der Waals surface area contributed by atoms with E-state index in [9.17, 15) is 10.1 Å². The Labute approximate surface area is 146 Å². The fraction of sp³-hybridized carbons (Fsp3) is 0.619. The molecule has 1 unspecified atom stereocenters. The summed E-state index contributed by atoms with van der Waals surface area (Å²) < 4.78 is 5.82. The van der Waals surface area contributed by atoms with Gasteiger partial charge in [-0.2, -0.15) is 5.26 Å². The molecule has 0 N–H and O–H groups in total. The number of nitriles is 1. The van der Waals surface area contributed by atoms with Gasteiger partial charge in [0.15, 0.2) is 0 Å². The van der Waals surface area contributed by atoms with Gasteiger partial charge < -0.3 is 4.74 Å². The lowest BCUT2D eigenvalue weighted by Gasteiger charge is -2.37. The number of hydrogen-bond donors (Lipinski definition) is 0. The van der Waals surface area contributed by atoms with Crippen LogP contribution in [0, 0.1) is 35.0 Å². The molecular weight excluding hydrogens is 298 g/mol. The normalized spacial score (nSPS) is 25.0. The van der Waals surface area contributed by atoms with E-state index in [1.54, 1.807) is 0 Å². The number of nitrogens with zero attached hydrogens (tertiary/aromatic N) is 1. The van der Waals surface area contributed by atoms with Gasteiger partial charge in [0, 0.05) is 0 Å². The highest BCUT2D eigenvalue weighted by Crippen LogP contribution is 2.35. The standard InChI is InChI=1S/C21H29NO2/c1-15(2)19-12-9-16(3)13-20(19)24-21(23)18(14-22)11-10-17-7-5-4-6-8-17/h4-8,15-16,18-20H,9-13H2,1-3H3/t16-,18?,19+,20-/m1/s1. The molecule has 3 nitrogen and oxygen atoms in total. The number of carbonyl (C=O) groups excluding carboxylic acids is 1. The molecule has 1 aliphatic rings. The first-order valence-corrected chi connectivity index (χ1v) is 9.15. The lowest BCUT2D eigenvalue weighted by atomic mass is 9.75. The molecule has 24 heavy (non-hydrogen) atoms. The summed E-state index contributed by atoms with van der Waals surface area (Å²) in [6, 6.07) is 12.1. The largest absolute Gasteiger partial charge is 0.461 e. The molecule has 1 aromatic carbocycles. The van der Waals surface area contributed by atoms with Crippen LogP contribution in [0.4, 0.5) is 0 Å². The summed E-state index contributed by atoms with van der Waals surface area (Å²) in [7, 11) is 0. The van der Waals surface area contributed by atoms with E-state index in [1.165, 1.54) is 6.42 Å². The summed E-state index contributed by atoms with van der Waals surface area (Å²) in [5.41, 5.74) is 1.15. The Morgan fingerprint density at radius 3 is 2.62 bits per heavy atom. The minimum Gasteiger partial charge on any atom is -0.461 e. The summed E-state index contributed by atoms with van der Waals surface area (Å²) in [5, 5.41) is 9.38. The second-order valence-electron chi connectivity index (χ2n) is 7.51. The molecule has 0 aromatic heterocycles. The van der Waals surface area contributed by atoms with Crippen molar-refractivity contribution in [1.82, 2.24) is 0 Å². The predicted octanol–water partition coefficient (Wildman–Crippen LogP) is 4.76. The molecule has 4 atom stereocenters. The van der Waals surface area contributed by atoms with Crippen molar-refractivity contribution in [2.24, 2.45) is 23.7 Å². The summed E-state index contributed by atoms with van der Waals surface area (Å²) in [4.78, 5) is 12.5. The Bertz CT molecular complexity index is 561. The quantitative estimate of drug-likeness (QED) is 0.708. The molecule has 1 saturated carbocycles. The van der Waals surface area contributed by atoms with E-state index in [-0.39, 0.29) is 12.1 Å². The number of hydrogen-bond acceptors (Lipinski definition) is 3. The van der Waals surface area contributed by atoms with Gasteiger partial charge >= 0.3 is 5.97 Å². The van der Waals surface area contributed by atoms with E-state index in [1.807, 2.05) is 30.3 Å². The predicted molar refractivity (Wildman–Crippen MR) is 95.1 cm³/mol. The first-order valence-electron chi connectivity index (χ1n) is 9.15. The minimum absolute atomic E-state index is 0.0335. The summed E-state index contributed by atoms with van der Waals surface area (Å²) in [5.74, 6) is 0.495. The zero-order chi connectivity index (χ0) is 17.5. The molecule has 1 fully saturated rings. The molecule has 0 heterocycles. The van der Waals surface area contributed by atoms with Crippen LogP contribution in [-0.2, 0) is 16.0 Å². The highest BCUT2D eigenvalue weighted by molar-refractivity contribution is 5.75. The maximum atomic E-state index is 12.5.